The van der Waals surface area contributed by atoms with Crippen LogP contribution in [0.15, 0.2) is 36.0 Å². The summed E-state index contributed by atoms with van der Waals surface area (Å²) < 4.78 is 7.26. The first-order valence-electron chi connectivity index (χ1n) is 8.20. The molecule has 1 fully saturated rings. The van der Waals surface area contributed by atoms with E-state index in [4.69, 9.17) is 16.3 Å². The second kappa shape index (κ2) is 7.35. The number of aryl methyl sites for hydroxylation is 1. The van der Waals surface area contributed by atoms with E-state index in [1.54, 1.807) is 37.5 Å². The summed E-state index contributed by atoms with van der Waals surface area (Å²) in [5.74, 6) is -0.390. The SMILES string of the molecule is COCCn1c(C)cc(C=C2NC(=O)N(c3ccc(Cl)cc3)C2=O)c1C. The van der Waals surface area contributed by atoms with Crippen molar-refractivity contribution in [2.75, 3.05) is 18.6 Å². The van der Waals surface area contributed by atoms with Gasteiger partial charge in [0, 0.05) is 30.1 Å². The number of nitrogens with one attached hydrogen (secondary N) is 1. The molecule has 0 spiro atoms. The molecule has 2 heterocycles. The Bertz CT molecular complexity index is 884. The summed E-state index contributed by atoms with van der Waals surface area (Å²) in [7, 11) is 1.66. The number of hydrogen-bond acceptors (Lipinski definition) is 3. The highest BCUT2D eigenvalue weighted by Crippen LogP contribution is 2.25. The van der Waals surface area contributed by atoms with Gasteiger partial charge in [-0.3, -0.25) is 4.79 Å². The quantitative estimate of drug-likeness (QED) is 0.644. The molecule has 0 saturated carbocycles. The highest BCUT2D eigenvalue weighted by atomic mass is 35.5. The topological polar surface area (TPSA) is 63.6 Å². The Morgan fingerprint density at radius 1 is 1.19 bits per heavy atom. The molecule has 0 aliphatic carbocycles. The van der Waals surface area contributed by atoms with Crippen molar-refractivity contribution in [3.05, 3.63) is 58.0 Å². The monoisotopic (exact) mass is 373 g/mol. The van der Waals surface area contributed by atoms with Gasteiger partial charge in [0.25, 0.3) is 5.91 Å². The maximum atomic E-state index is 12.7. The summed E-state index contributed by atoms with van der Waals surface area (Å²) in [6.07, 6.45) is 1.71. The van der Waals surface area contributed by atoms with Gasteiger partial charge in [-0.1, -0.05) is 11.6 Å². The first-order chi connectivity index (χ1) is 12.4. The van der Waals surface area contributed by atoms with Crippen LogP contribution in [0.3, 0.4) is 0 Å². The van der Waals surface area contributed by atoms with Crippen LogP contribution in [0.2, 0.25) is 5.02 Å². The van der Waals surface area contributed by atoms with Crippen LogP contribution in [0.5, 0.6) is 0 Å². The Labute approximate surface area is 157 Å². The zero-order valence-corrected chi connectivity index (χ0v) is 15.6. The number of nitrogens with zero attached hydrogens (tertiary/aromatic N) is 2. The number of methoxy groups -OCH3 is 1. The summed E-state index contributed by atoms with van der Waals surface area (Å²) in [5.41, 5.74) is 3.69. The van der Waals surface area contributed by atoms with Crippen LogP contribution in [0.1, 0.15) is 17.0 Å². The highest BCUT2D eigenvalue weighted by molar-refractivity contribution is 6.31. The number of halogens is 1. The third-order valence-corrected chi connectivity index (χ3v) is 4.65. The molecule has 1 aromatic heterocycles. The maximum Gasteiger partial charge on any atom is 0.333 e. The van der Waals surface area contributed by atoms with Crippen molar-refractivity contribution in [2.45, 2.75) is 20.4 Å². The van der Waals surface area contributed by atoms with Crippen molar-refractivity contribution in [3.8, 4) is 0 Å². The van der Waals surface area contributed by atoms with Crippen molar-refractivity contribution >= 4 is 35.3 Å². The predicted molar refractivity (Wildman–Crippen MR) is 101 cm³/mol. The minimum atomic E-state index is -0.475. The molecule has 0 radical (unpaired) electrons. The minimum Gasteiger partial charge on any atom is -0.383 e. The number of benzene rings is 1. The predicted octanol–water partition coefficient (Wildman–Crippen LogP) is 3.50. The lowest BCUT2D eigenvalue weighted by molar-refractivity contribution is -0.113. The van der Waals surface area contributed by atoms with Crippen LogP contribution < -0.4 is 10.2 Å². The van der Waals surface area contributed by atoms with Crippen molar-refractivity contribution in [1.82, 2.24) is 9.88 Å². The Morgan fingerprint density at radius 3 is 2.54 bits per heavy atom. The number of aromatic nitrogens is 1. The molecule has 6 nitrogen and oxygen atoms in total. The fourth-order valence-electron chi connectivity index (χ4n) is 3.02. The van der Waals surface area contributed by atoms with Gasteiger partial charge in [-0.2, -0.15) is 0 Å². The average molecular weight is 374 g/mol. The lowest BCUT2D eigenvalue weighted by Gasteiger charge is -2.11. The number of imide groups is 1. The van der Waals surface area contributed by atoms with Gasteiger partial charge in [0.05, 0.1) is 12.3 Å². The van der Waals surface area contributed by atoms with E-state index in [9.17, 15) is 9.59 Å². The Hall–Kier alpha value is -2.57. The van der Waals surface area contributed by atoms with Gasteiger partial charge in [-0.15, -0.1) is 0 Å². The van der Waals surface area contributed by atoms with Gasteiger partial charge in [0.1, 0.15) is 5.70 Å². The van der Waals surface area contributed by atoms with Crippen molar-refractivity contribution in [1.29, 1.82) is 0 Å². The fourth-order valence-corrected chi connectivity index (χ4v) is 3.14. The summed E-state index contributed by atoms with van der Waals surface area (Å²) in [4.78, 5) is 26.1. The van der Waals surface area contributed by atoms with Gasteiger partial charge < -0.3 is 14.6 Å². The van der Waals surface area contributed by atoms with Crippen molar-refractivity contribution in [3.63, 3.8) is 0 Å². The molecule has 7 heteroatoms. The van der Waals surface area contributed by atoms with E-state index < -0.39 is 6.03 Å². The molecule has 1 N–H and O–H groups in total. The lowest BCUT2D eigenvalue weighted by atomic mass is 10.2. The summed E-state index contributed by atoms with van der Waals surface area (Å²) in [6, 6.07) is 8.07. The molecule has 0 bridgehead atoms. The Kier molecular flexibility index (Phi) is 5.15. The van der Waals surface area contributed by atoms with E-state index in [1.807, 2.05) is 19.9 Å². The third-order valence-electron chi connectivity index (χ3n) is 4.39. The van der Waals surface area contributed by atoms with Gasteiger partial charge >= 0.3 is 6.03 Å². The molecular weight excluding hydrogens is 354 g/mol. The molecule has 1 saturated heterocycles. The maximum absolute atomic E-state index is 12.7. The average Bonchev–Trinajstić information content (AvgIpc) is 3.03. The zero-order chi connectivity index (χ0) is 18.8. The highest BCUT2D eigenvalue weighted by Gasteiger charge is 2.35. The third kappa shape index (κ3) is 3.38. The van der Waals surface area contributed by atoms with Gasteiger partial charge in [0.15, 0.2) is 0 Å². The van der Waals surface area contributed by atoms with Gasteiger partial charge in [-0.05, 0) is 55.8 Å². The number of hydrogen-bond donors (Lipinski definition) is 1. The number of rotatable bonds is 5. The minimum absolute atomic E-state index is 0.247. The van der Waals surface area contributed by atoms with E-state index in [1.165, 1.54) is 0 Å². The standard InChI is InChI=1S/C19H20ClN3O3/c1-12-10-14(13(2)22(12)8-9-26-3)11-17-18(24)23(19(25)21-17)16-6-4-15(20)5-7-16/h4-7,10-11H,8-9H2,1-3H3,(H,21,25). The Morgan fingerprint density at radius 2 is 1.88 bits per heavy atom. The first kappa shape index (κ1) is 18.2. The van der Waals surface area contributed by atoms with Crippen LogP contribution in [0, 0.1) is 13.8 Å². The molecule has 1 aliphatic rings. The molecule has 136 valence electrons. The molecule has 26 heavy (non-hydrogen) atoms. The summed E-state index contributed by atoms with van der Waals surface area (Å²) in [6.45, 7) is 5.31. The van der Waals surface area contributed by atoms with Crippen LogP contribution in [0.25, 0.3) is 6.08 Å². The molecule has 2 aromatic rings. The summed E-state index contributed by atoms with van der Waals surface area (Å²) >= 11 is 5.87. The molecule has 1 aliphatic heterocycles. The Balaban J connectivity index is 1.90. The van der Waals surface area contributed by atoms with E-state index in [2.05, 4.69) is 9.88 Å². The fraction of sp³-hybridized carbons (Fsp3) is 0.263. The zero-order valence-electron chi connectivity index (χ0n) is 14.9. The summed E-state index contributed by atoms with van der Waals surface area (Å²) in [5, 5.41) is 3.19. The van der Waals surface area contributed by atoms with Gasteiger partial charge in [0.2, 0.25) is 0 Å². The molecule has 1 aromatic carbocycles. The second-order valence-electron chi connectivity index (χ2n) is 6.08. The number of carbonyl (C=O) groups excluding carboxylic acids is 2. The smallest absolute Gasteiger partial charge is 0.333 e. The first-order valence-corrected chi connectivity index (χ1v) is 8.58. The molecule has 0 unspecified atom stereocenters. The number of amides is 3. The van der Waals surface area contributed by atoms with Crippen LogP contribution >= 0.6 is 11.6 Å². The normalized spacial score (nSPS) is 15.8. The molecule has 0 atom stereocenters. The second-order valence-corrected chi connectivity index (χ2v) is 6.51. The molecular formula is C19H20ClN3O3. The van der Waals surface area contributed by atoms with Crippen molar-refractivity contribution < 1.29 is 14.3 Å². The van der Waals surface area contributed by atoms with Crippen LogP contribution in [0.4, 0.5) is 10.5 Å². The number of ether oxygens (including phenoxy) is 1. The number of anilines is 1. The molecule has 3 amide bonds. The largest absolute Gasteiger partial charge is 0.383 e. The number of urea groups is 1. The van der Waals surface area contributed by atoms with Crippen molar-refractivity contribution in [2.24, 2.45) is 0 Å². The number of carbonyl (C=O) groups is 2. The van der Waals surface area contributed by atoms with E-state index >= 15 is 0 Å². The van der Waals surface area contributed by atoms with Crippen LogP contribution in [-0.4, -0.2) is 30.2 Å². The van der Waals surface area contributed by atoms with Gasteiger partial charge in [-0.25, -0.2) is 9.69 Å². The van der Waals surface area contributed by atoms with E-state index in [0.717, 1.165) is 28.4 Å². The van der Waals surface area contributed by atoms with Crippen LogP contribution in [-0.2, 0) is 16.1 Å². The lowest BCUT2D eigenvalue weighted by Crippen LogP contribution is -2.30. The van der Waals surface area contributed by atoms with E-state index in [0.29, 0.717) is 17.3 Å². The molecule has 3 rings (SSSR count). The van der Waals surface area contributed by atoms with E-state index in [-0.39, 0.29) is 11.6 Å².